The molecule has 0 atom stereocenters. The van der Waals surface area contributed by atoms with Crippen LogP contribution in [0.25, 0.3) is 6.08 Å². The minimum Gasteiger partial charge on any atom is -0.494 e. The molecule has 3 rings (SSSR count). The summed E-state index contributed by atoms with van der Waals surface area (Å²) in [6.45, 7) is 1.37. The lowest BCUT2D eigenvalue weighted by Gasteiger charge is -2.21. The summed E-state index contributed by atoms with van der Waals surface area (Å²) in [5, 5.41) is 2.80. The highest BCUT2D eigenvalue weighted by Crippen LogP contribution is 2.23. The molecule has 1 fully saturated rings. The zero-order chi connectivity index (χ0) is 15.5. The molecule has 6 heteroatoms. The number of nitrogens with one attached hydrogen (secondary N) is 1. The Labute approximate surface area is 127 Å². The van der Waals surface area contributed by atoms with E-state index in [4.69, 9.17) is 9.47 Å². The van der Waals surface area contributed by atoms with Crippen molar-refractivity contribution >= 4 is 17.8 Å². The predicted octanol–water partition coefficient (Wildman–Crippen LogP) is 2.13. The molecule has 5 nitrogen and oxygen atoms in total. The van der Waals surface area contributed by atoms with Gasteiger partial charge in [0.2, 0.25) is 0 Å². The van der Waals surface area contributed by atoms with E-state index < -0.39 is 5.82 Å². The third-order valence-corrected chi connectivity index (χ3v) is 3.80. The van der Waals surface area contributed by atoms with Crippen molar-refractivity contribution in [2.75, 3.05) is 20.3 Å². The van der Waals surface area contributed by atoms with Gasteiger partial charge in [0.05, 0.1) is 7.11 Å². The van der Waals surface area contributed by atoms with Crippen LogP contribution >= 0.6 is 0 Å². The number of carbonyl (C=O) groups excluding carboxylic acids is 1. The second-order valence-corrected chi connectivity index (χ2v) is 5.26. The van der Waals surface area contributed by atoms with E-state index in [1.807, 2.05) is 0 Å². The molecule has 0 saturated carbocycles. The van der Waals surface area contributed by atoms with Gasteiger partial charge in [-0.3, -0.25) is 4.79 Å². The van der Waals surface area contributed by atoms with Gasteiger partial charge in [-0.1, -0.05) is 6.07 Å². The lowest BCUT2D eigenvalue weighted by Crippen LogP contribution is -2.33. The number of hydrogen-bond acceptors (Lipinski definition) is 4. The highest BCUT2D eigenvalue weighted by molar-refractivity contribution is 6.15. The van der Waals surface area contributed by atoms with Crippen molar-refractivity contribution in [3.63, 3.8) is 0 Å². The number of ether oxygens (including phenoxy) is 2. The highest BCUT2D eigenvalue weighted by atomic mass is 19.1. The molecule has 116 valence electrons. The largest absolute Gasteiger partial charge is 0.494 e. The molecular formula is C16H17FN2O3. The molecular weight excluding hydrogens is 287 g/mol. The van der Waals surface area contributed by atoms with Crippen LogP contribution in [0, 0.1) is 11.7 Å². The van der Waals surface area contributed by atoms with Crippen molar-refractivity contribution < 1.29 is 18.7 Å². The second-order valence-electron chi connectivity index (χ2n) is 5.26. The number of amides is 1. The number of nitrogens with zero attached hydrogens (tertiary/aromatic N) is 1. The maximum Gasteiger partial charge on any atom is 0.275 e. The van der Waals surface area contributed by atoms with Gasteiger partial charge in [0.25, 0.3) is 5.91 Å². The van der Waals surface area contributed by atoms with Crippen LogP contribution < -0.4 is 10.1 Å². The summed E-state index contributed by atoms with van der Waals surface area (Å²) in [5.74, 6) is 0.357. The van der Waals surface area contributed by atoms with Crippen LogP contribution in [-0.2, 0) is 9.53 Å². The Balaban J connectivity index is 1.82. The van der Waals surface area contributed by atoms with E-state index in [-0.39, 0.29) is 17.6 Å². The Hall–Kier alpha value is -2.21. The highest BCUT2D eigenvalue weighted by Gasteiger charge is 2.27. The van der Waals surface area contributed by atoms with Gasteiger partial charge < -0.3 is 14.8 Å². The number of amidine groups is 1. The van der Waals surface area contributed by atoms with Crippen molar-refractivity contribution in [1.82, 2.24) is 5.32 Å². The molecule has 2 aliphatic rings. The van der Waals surface area contributed by atoms with Crippen LogP contribution in [-0.4, -0.2) is 32.1 Å². The normalized spacial score (nSPS) is 20.9. The zero-order valence-electron chi connectivity index (χ0n) is 12.3. The van der Waals surface area contributed by atoms with E-state index in [1.54, 1.807) is 12.1 Å². The van der Waals surface area contributed by atoms with E-state index in [0.29, 0.717) is 30.3 Å². The molecule has 0 aliphatic carbocycles. The number of aliphatic imine (C=N–C) groups is 1. The molecule has 0 spiro atoms. The first-order valence-corrected chi connectivity index (χ1v) is 7.20. The smallest absolute Gasteiger partial charge is 0.275 e. The van der Waals surface area contributed by atoms with Crippen molar-refractivity contribution in [2.45, 2.75) is 12.8 Å². The first-order chi connectivity index (χ1) is 10.7. The zero-order valence-corrected chi connectivity index (χ0v) is 12.3. The maximum atomic E-state index is 13.7. The quantitative estimate of drug-likeness (QED) is 0.870. The average molecular weight is 304 g/mol. The Morgan fingerprint density at radius 2 is 2.18 bits per heavy atom. The predicted molar refractivity (Wildman–Crippen MR) is 80.0 cm³/mol. The maximum absolute atomic E-state index is 13.7. The van der Waals surface area contributed by atoms with Crippen LogP contribution in [0.4, 0.5) is 4.39 Å². The molecule has 0 aromatic heterocycles. The molecule has 0 unspecified atom stereocenters. The first-order valence-electron chi connectivity index (χ1n) is 7.20. The van der Waals surface area contributed by atoms with Gasteiger partial charge in [-0.2, -0.15) is 0 Å². The minimum atomic E-state index is -0.469. The third kappa shape index (κ3) is 3.01. The van der Waals surface area contributed by atoms with E-state index in [1.165, 1.54) is 19.2 Å². The van der Waals surface area contributed by atoms with Gasteiger partial charge in [0, 0.05) is 19.1 Å². The van der Waals surface area contributed by atoms with Gasteiger partial charge in [0.1, 0.15) is 11.5 Å². The Bertz CT molecular complexity index is 649. The number of hydrogen-bond donors (Lipinski definition) is 1. The molecule has 0 bridgehead atoms. The summed E-state index contributed by atoms with van der Waals surface area (Å²) in [5.41, 5.74) is 0.867. The van der Waals surface area contributed by atoms with Crippen molar-refractivity contribution in [3.8, 4) is 5.75 Å². The topological polar surface area (TPSA) is 59.9 Å². The standard InChI is InChI=1S/C16H17FN2O3/c1-21-14-3-2-10(8-12(14)17)9-13-16(20)19-15(18-13)11-4-6-22-7-5-11/h2-3,8-9,11H,4-7H2,1H3,(H,18,19,20)/b13-9+. The molecule has 2 aliphatic heterocycles. The van der Waals surface area contributed by atoms with E-state index in [2.05, 4.69) is 10.3 Å². The Kier molecular flexibility index (Phi) is 4.20. The average Bonchev–Trinajstić information content (AvgIpc) is 2.89. The lowest BCUT2D eigenvalue weighted by molar-refractivity contribution is -0.115. The molecule has 2 heterocycles. The molecule has 22 heavy (non-hydrogen) atoms. The fourth-order valence-corrected chi connectivity index (χ4v) is 2.58. The number of rotatable bonds is 3. The van der Waals surface area contributed by atoms with Crippen LogP contribution in [0.2, 0.25) is 0 Å². The molecule has 1 aromatic rings. The first kappa shape index (κ1) is 14.7. The van der Waals surface area contributed by atoms with Crippen molar-refractivity contribution in [3.05, 3.63) is 35.3 Å². The third-order valence-electron chi connectivity index (χ3n) is 3.80. The Morgan fingerprint density at radius 1 is 1.41 bits per heavy atom. The summed E-state index contributed by atoms with van der Waals surface area (Å²) in [4.78, 5) is 16.4. The molecule has 1 N–H and O–H groups in total. The SMILES string of the molecule is COc1ccc(/C=C2/N=C(C3CCOCC3)NC2=O)cc1F. The van der Waals surface area contributed by atoms with E-state index in [9.17, 15) is 9.18 Å². The fourth-order valence-electron chi connectivity index (χ4n) is 2.58. The van der Waals surface area contributed by atoms with Gasteiger partial charge in [0.15, 0.2) is 11.6 Å². The minimum absolute atomic E-state index is 0.171. The molecule has 1 saturated heterocycles. The molecule has 0 radical (unpaired) electrons. The van der Waals surface area contributed by atoms with E-state index in [0.717, 1.165) is 12.8 Å². The van der Waals surface area contributed by atoms with Gasteiger partial charge in [-0.15, -0.1) is 0 Å². The van der Waals surface area contributed by atoms with Crippen molar-refractivity contribution in [2.24, 2.45) is 10.9 Å². The molecule has 1 aromatic carbocycles. The van der Waals surface area contributed by atoms with Gasteiger partial charge in [-0.05, 0) is 36.6 Å². The number of methoxy groups -OCH3 is 1. The number of benzene rings is 1. The fraction of sp³-hybridized carbons (Fsp3) is 0.375. The van der Waals surface area contributed by atoms with Crippen LogP contribution in [0.5, 0.6) is 5.75 Å². The summed E-state index contributed by atoms with van der Waals surface area (Å²) >= 11 is 0. The summed E-state index contributed by atoms with van der Waals surface area (Å²) in [6, 6.07) is 4.53. The summed E-state index contributed by atoms with van der Waals surface area (Å²) < 4.78 is 23.9. The van der Waals surface area contributed by atoms with Crippen LogP contribution in [0.15, 0.2) is 28.9 Å². The molecule has 1 amide bonds. The van der Waals surface area contributed by atoms with Crippen molar-refractivity contribution in [1.29, 1.82) is 0 Å². The Morgan fingerprint density at radius 3 is 2.86 bits per heavy atom. The van der Waals surface area contributed by atoms with E-state index >= 15 is 0 Å². The summed E-state index contributed by atoms with van der Waals surface area (Å²) in [6.07, 6.45) is 3.28. The number of carbonyl (C=O) groups is 1. The monoisotopic (exact) mass is 304 g/mol. The van der Waals surface area contributed by atoms with Crippen LogP contribution in [0.1, 0.15) is 18.4 Å². The van der Waals surface area contributed by atoms with Crippen LogP contribution in [0.3, 0.4) is 0 Å². The van der Waals surface area contributed by atoms with Gasteiger partial charge in [-0.25, -0.2) is 9.38 Å². The second kappa shape index (κ2) is 6.27. The lowest BCUT2D eigenvalue weighted by atomic mass is 9.99. The number of halogens is 1. The van der Waals surface area contributed by atoms with Gasteiger partial charge >= 0.3 is 0 Å². The summed E-state index contributed by atoms with van der Waals surface area (Å²) in [7, 11) is 1.41.